The molecule has 1 saturated heterocycles. The van der Waals surface area contributed by atoms with Gasteiger partial charge >= 0.3 is 0 Å². The maximum atomic E-state index is 9.94. The Morgan fingerprint density at radius 2 is 1.84 bits per heavy atom. The summed E-state index contributed by atoms with van der Waals surface area (Å²) in [5, 5.41) is 9.94. The molecule has 0 saturated carbocycles. The first kappa shape index (κ1) is 21.8. The van der Waals surface area contributed by atoms with E-state index in [4.69, 9.17) is 9.47 Å². The van der Waals surface area contributed by atoms with E-state index in [2.05, 4.69) is 43.0 Å². The minimum Gasteiger partial charge on any atom is -0.508 e. The summed E-state index contributed by atoms with van der Waals surface area (Å²) in [5.74, 6) is 1.90. The normalized spacial score (nSPS) is 19.1. The molecule has 0 aromatic heterocycles. The van der Waals surface area contributed by atoms with Gasteiger partial charge in [0.05, 0.1) is 0 Å². The van der Waals surface area contributed by atoms with Crippen molar-refractivity contribution in [2.75, 3.05) is 26.2 Å². The summed E-state index contributed by atoms with van der Waals surface area (Å²) in [6, 6.07) is 13.8. The summed E-state index contributed by atoms with van der Waals surface area (Å²) in [6.45, 7) is 8.52. The molecule has 1 N–H and O–H groups in total. The van der Waals surface area contributed by atoms with E-state index in [0.717, 1.165) is 55.0 Å². The number of fused-ring (bicyclic) bond motifs is 1. The fourth-order valence-electron chi connectivity index (χ4n) is 4.66. The van der Waals surface area contributed by atoms with Crippen LogP contribution in [0.5, 0.6) is 17.2 Å². The average molecular weight is 422 g/mol. The molecule has 2 aliphatic heterocycles. The predicted molar refractivity (Wildman–Crippen MR) is 126 cm³/mol. The Hall–Kier alpha value is -2.46. The molecule has 31 heavy (non-hydrogen) atoms. The topological polar surface area (TPSA) is 41.9 Å². The van der Waals surface area contributed by atoms with Crippen molar-refractivity contribution >= 4 is 5.57 Å². The van der Waals surface area contributed by atoms with Gasteiger partial charge in [-0.2, -0.15) is 0 Å². The fourth-order valence-corrected chi connectivity index (χ4v) is 4.66. The standard InChI is InChI=1S/C27H35NO3/c1-3-4-8-25-20(2)24-14-11-22(29)19-26(24)31-27(25)21-9-12-23(13-10-21)30-18-17-28-15-6-5-7-16-28/h9-14,19,27,29H,3-8,15-18H2,1-2H3. The van der Waals surface area contributed by atoms with E-state index < -0.39 is 0 Å². The molecule has 4 heteroatoms. The van der Waals surface area contributed by atoms with Gasteiger partial charge in [0.1, 0.15) is 30.0 Å². The molecule has 2 aromatic carbocycles. The van der Waals surface area contributed by atoms with Crippen molar-refractivity contribution < 1.29 is 14.6 Å². The highest BCUT2D eigenvalue weighted by molar-refractivity contribution is 5.75. The Morgan fingerprint density at radius 1 is 1.06 bits per heavy atom. The van der Waals surface area contributed by atoms with E-state index in [9.17, 15) is 5.11 Å². The monoisotopic (exact) mass is 421 g/mol. The number of rotatable bonds is 8. The molecule has 4 rings (SSSR count). The SMILES string of the molecule is CCCCC1=C(C)c2ccc(O)cc2OC1c1ccc(OCCN2CCCCC2)cc1. The number of allylic oxidation sites excluding steroid dienone is 1. The lowest BCUT2D eigenvalue weighted by Crippen LogP contribution is -2.33. The first-order valence-corrected chi connectivity index (χ1v) is 11.8. The lowest BCUT2D eigenvalue weighted by molar-refractivity contribution is 0.183. The first-order chi connectivity index (χ1) is 15.2. The number of benzene rings is 2. The van der Waals surface area contributed by atoms with Crippen LogP contribution >= 0.6 is 0 Å². The molecule has 2 heterocycles. The third kappa shape index (κ3) is 5.24. The second-order valence-electron chi connectivity index (χ2n) is 8.75. The van der Waals surface area contributed by atoms with Gasteiger partial charge in [-0.3, -0.25) is 4.90 Å². The fraction of sp³-hybridized carbons (Fsp3) is 0.481. The van der Waals surface area contributed by atoms with Crippen molar-refractivity contribution in [2.45, 2.75) is 58.5 Å². The Labute approximate surface area is 186 Å². The molecule has 0 bridgehead atoms. The molecule has 0 amide bonds. The average Bonchev–Trinajstić information content (AvgIpc) is 2.79. The molecule has 0 radical (unpaired) electrons. The van der Waals surface area contributed by atoms with Crippen molar-refractivity contribution in [3.05, 3.63) is 59.2 Å². The molecule has 2 aliphatic rings. The summed E-state index contributed by atoms with van der Waals surface area (Å²) < 4.78 is 12.4. The van der Waals surface area contributed by atoms with Crippen LogP contribution in [0.1, 0.15) is 69.6 Å². The van der Waals surface area contributed by atoms with Gasteiger partial charge in [-0.05, 0) is 86.7 Å². The predicted octanol–water partition coefficient (Wildman–Crippen LogP) is 6.35. The van der Waals surface area contributed by atoms with Crippen LogP contribution in [-0.2, 0) is 0 Å². The molecule has 1 unspecified atom stereocenters. The Bertz CT molecular complexity index is 897. The number of piperidine rings is 1. The van der Waals surface area contributed by atoms with Crippen LogP contribution in [0.3, 0.4) is 0 Å². The smallest absolute Gasteiger partial charge is 0.145 e. The molecule has 2 aromatic rings. The lowest BCUT2D eigenvalue weighted by atomic mass is 9.87. The van der Waals surface area contributed by atoms with E-state index >= 15 is 0 Å². The zero-order valence-electron chi connectivity index (χ0n) is 18.9. The van der Waals surface area contributed by atoms with Crippen molar-refractivity contribution in [1.29, 1.82) is 0 Å². The van der Waals surface area contributed by atoms with E-state index in [1.807, 2.05) is 6.07 Å². The van der Waals surface area contributed by atoms with E-state index in [1.165, 1.54) is 43.5 Å². The third-order valence-corrected chi connectivity index (χ3v) is 6.52. The Morgan fingerprint density at radius 3 is 2.58 bits per heavy atom. The number of likely N-dealkylation sites (tertiary alicyclic amines) is 1. The maximum Gasteiger partial charge on any atom is 0.145 e. The highest BCUT2D eigenvalue weighted by Gasteiger charge is 2.28. The molecular weight excluding hydrogens is 386 g/mol. The van der Waals surface area contributed by atoms with Crippen LogP contribution in [0, 0.1) is 0 Å². The van der Waals surface area contributed by atoms with Gasteiger partial charge in [0.25, 0.3) is 0 Å². The van der Waals surface area contributed by atoms with Crippen molar-refractivity contribution in [3.8, 4) is 17.2 Å². The number of hydrogen-bond donors (Lipinski definition) is 1. The number of aromatic hydroxyl groups is 1. The number of ether oxygens (including phenoxy) is 2. The van der Waals surface area contributed by atoms with E-state index in [0.29, 0.717) is 0 Å². The second kappa shape index (κ2) is 10.2. The van der Waals surface area contributed by atoms with Gasteiger partial charge < -0.3 is 14.6 Å². The molecule has 0 spiro atoms. The molecule has 1 fully saturated rings. The summed E-state index contributed by atoms with van der Waals surface area (Å²) in [7, 11) is 0. The van der Waals surface area contributed by atoms with Crippen LogP contribution in [-0.4, -0.2) is 36.2 Å². The number of phenols is 1. The van der Waals surface area contributed by atoms with E-state index in [1.54, 1.807) is 12.1 Å². The van der Waals surface area contributed by atoms with E-state index in [-0.39, 0.29) is 11.9 Å². The zero-order valence-corrected chi connectivity index (χ0v) is 18.9. The number of hydrogen-bond acceptors (Lipinski definition) is 4. The van der Waals surface area contributed by atoms with Crippen molar-refractivity contribution in [2.24, 2.45) is 0 Å². The summed E-state index contributed by atoms with van der Waals surface area (Å²) in [4.78, 5) is 2.49. The second-order valence-corrected chi connectivity index (χ2v) is 8.75. The minimum absolute atomic E-state index is 0.122. The Balaban J connectivity index is 1.47. The number of phenolic OH excluding ortho intramolecular Hbond substituents is 1. The van der Waals surface area contributed by atoms with Crippen LogP contribution in [0.25, 0.3) is 5.57 Å². The highest BCUT2D eigenvalue weighted by atomic mass is 16.5. The van der Waals surface area contributed by atoms with Gasteiger partial charge in [-0.1, -0.05) is 31.9 Å². The summed E-state index contributed by atoms with van der Waals surface area (Å²) in [6.07, 6.45) is 7.16. The van der Waals surface area contributed by atoms with Crippen molar-refractivity contribution in [3.63, 3.8) is 0 Å². The quantitative estimate of drug-likeness (QED) is 0.539. The van der Waals surface area contributed by atoms with Crippen LogP contribution in [0.4, 0.5) is 0 Å². The maximum absolute atomic E-state index is 9.94. The van der Waals surface area contributed by atoms with Gasteiger partial charge in [-0.25, -0.2) is 0 Å². The van der Waals surface area contributed by atoms with Crippen LogP contribution in [0.2, 0.25) is 0 Å². The lowest BCUT2D eigenvalue weighted by Gasteiger charge is -2.31. The summed E-state index contributed by atoms with van der Waals surface area (Å²) in [5.41, 5.74) is 4.81. The highest BCUT2D eigenvalue weighted by Crippen LogP contribution is 2.45. The third-order valence-electron chi connectivity index (χ3n) is 6.52. The van der Waals surface area contributed by atoms with Gasteiger partial charge in [0.15, 0.2) is 0 Å². The molecule has 1 atom stereocenters. The van der Waals surface area contributed by atoms with Gasteiger partial charge in [-0.15, -0.1) is 0 Å². The number of unbranched alkanes of at least 4 members (excludes halogenated alkanes) is 1. The number of nitrogens with zero attached hydrogens (tertiary/aromatic N) is 1. The molecule has 166 valence electrons. The van der Waals surface area contributed by atoms with Gasteiger partial charge in [0, 0.05) is 18.2 Å². The summed E-state index contributed by atoms with van der Waals surface area (Å²) >= 11 is 0. The van der Waals surface area contributed by atoms with Crippen LogP contribution < -0.4 is 9.47 Å². The van der Waals surface area contributed by atoms with Crippen molar-refractivity contribution in [1.82, 2.24) is 4.90 Å². The largest absolute Gasteiger partial charge is 0.508 e. The zero-order chi connectivity index (χ0) is 21.6. The Kier molecular flexibility index (Phi) is 7.18. The first-order valence-electron chi connectivity index (χ1n) is 11.8. The minimum atomic E-state index is -0.122. The molecule has 4 nitrogen and oxygen atoms in total. The van der Waals surface area contributed by atoms with Crippen LogP contribution in [0.15, 0.2) is 48.0 Å². The molecular formula is C27H35NO3. The van der Waals surface area contributed by atoms with Gasteiger partial charge in [0.2, 0.25) is 0 Å². The molecule has 0 aliphatic carbocycles.